The van der Waals surface area contributed by atoms with E-state index in [1.807, 2.05) is 20.8 Å². The number of carbonyl (C=O) groups excluding carboxylic acids is 3. The molecule has 0 radical (unpaired) electrons. The van der Waals surface area contributed by atoms with Gasteiger partial charge in [-0.3, -0.25) is 19.3 Å². The molecular weight excluding hydrogens is 653 g/mol. The molecule has 0 saturated carbocycles. The Kier molecular flexibility index (Phi) is 11.2. The number of aromatic amines is 1. The first-order valence-corrected chi connectivity index (χ1v) is 16.5. The predicted molar refractivity (Wildman–Crippen MR) is 180 cm³/mol. The van der Waals surface area contributed by atoms with Gasteiger partial charge in [0.1, 0.15) is 17.6 Å². The fourth-order valence-electron chi connectivity index (χ4n) is 6.19. The number of fused-ring (bicyclic) bond motifs is 3. The lowest BCUT2D eigenvalue weighted by molar-refractivity contribution is -0.139. The van der Waals surface area contributed by atoms with Crippen molar-refractivity contribution in [3.63, 3.8) is 0 Å². The molecule has 13 heteroatoms. The van der Waals surface area contributed by atoms with E-state index in [0.717, 1.165) is 16.2 Å². The number of benzene rings is 2. The van der Waals surface area contributed by atoms with Gasteiger partial charge in [-0.15, -0.1) is 0 Å². The van der Waals surface area contributed by atoms with Crippen molar-refractivity contribution in [1.82, 2.24) is 20.5 Å². The van der Waals surface area contributed by atoms with E-state index in [1.54, 1.807) is 43.3 Å². The third-order valence-corrected chi connectivity index (χ3v) is 9.93. The van der Waals surface area contributed by atoms with Gasteiger partial charge >= 0.3 is 6.09 Å². The maximum absolute atomic E-state index is 14.4. The van der Waals surface area contributed by atoms with Crippen molar-refractivity contribution in [3.05, 3.63) is 68.3 Å². The van der Waals surface area contributed by atoms with Gasteiger partial charge in [0.2, 0.25) is 17.7 Å². The number of H-pyrrole nitrogens is 1. The van der Waals surface area contributed by atoms with Crippen LogP contribution in [0.15, 0.2) is 36.4 Å². The maximum Gasteiger partial charge on any atom is 0.408 e. The van der Waals surface area contributed by atoms with Gasteiger partial charge in [0.05, 0.1) is 10.5 Å². The minimum atomic E-state index is -1.55. The zero-order valence-electron chi connectivity index (χ0n) is 26.3. The summed E-state index contributed by atoms with van der Waals surface area (Å²) in [7, 11) is 0. The molecule has 4 amide bonds. The van der Waals surface area contributed by atoms with Crippen molar-refractivity contribution >= 4 is 69.5 Å². The van der Waals surface area contributed by atoms with Gasteiger partial charge in [-0.1, -0.05) is 87.5 Å². The van der Waals surface area contributed by atoms with Crippen LogP contribution in [-0.2, 0) is 33.8 Å². The predicted octanol–water partition coefficient (Wildman–Crippen LogP) is 6.08. The summed E-state index contributed by atoms with van der Waals surface area (Å²) in [5.74, 6) is -2.60. The van der Waals surface area contributed by atoms with E-state index in [0.29, 0.717) is 50.8 Å². The van der Waals surface area contributed by atoms with E-state index in [1.165, 1.54) is 0 Å². The minimum absolute atomic E-state index is 0.0388. The Labute approximate surface area is 283 Å². The summed E-state index contributed by atoms with van der Waals surface area (Å²) in [6.45, 7) is 7.25. The summed E-state index contributed by atoms with van der Waals surface area (Å²) >= 11 is 19.0. The molecule has 0 spiro atoms. The van der Waals surface area contributed by atoms with Crippen LogP contribution in [0.5, 0.6) is 0 Å². The first kappa shape index (κ1) is 35.4. The molecule has 10 nitrogen and oxygen atoms in total. The molecule has 46 heavy (non-hydrogen) atoms. The molecule has 4 rings (SSSR count). The number of aryl methyl sites for hydroxylation is 1. The molecule has 248 valence electrons. The lowest BCUT2D eigenvalue weighted by atomic mass is 9.78. The second-order valence-electron chi connectivity index (χ2n) is 12.3. The Bertz CT molecular complexity index is 1650. The van der Waals surface area contributed by atoms with Gasteiger partial charge in [-0.05, 0) is 60.1 Å². The largest absolute Gasteiger partial charge is 0.465 e. The number of nitrogens with zero attached hydrogens (tertiary/aromatic N) is 1. The minimum Gasteiger partial charge on any atom is -0.465 e. The first-order chi connectivity index (χ1) is 21.7. The van der Waals surface area contributed by atoms with Gasteiger partial charge in [0, 0.05) is 34.1 Å². The van der Waals surface area contributed by atoms with Crippen molar-refractivity contribution in [2.45, 2.75) is 84.0 Å². The van der Waals surface area contributed by atoms with E-state index in [4.69, 9.17) is 40.5 Å². The van der Waals surface area contributed by atoms with Crippen molar-refractivity contribution < 1.29 is 24.3 Å². The monoisotopic (exact) mass is 691 g/mol. The summed E-state index contributed by atoms with van der Waals surface area (Å²) < 4.78 is 0. The van der Waals surface area contributed by atoms with E-state index in [2.05, 4.69) is 15.6 Å². The number of hydrogen-bond donors (Lipinski definition) is 5. The Hall–Kier alpha value is -3.47. The molecule has 2 aromatic carbocycles. The second kappa shape index (κ2) is 14.5. The second-order valence-corrected chi connectivity index (χ2v) is 13.5. The molecule has 1 heterocycles. The van der Waals surface area contributed by atoms with Crippen LogP contribution in [0, 0.1) is 11.8 Å². The lowest BCUT2D eigenvalue weighted by Gasteiger charge is -2.41. The number of aromatic nitrogens is 1. The number of carboxylic acid groups (broad SMARTS) is 1. The zero-order chi connectivity index (χ0) is 33.9. The molecule has 5 atom stereocenters. The number of nitrogens with one attached hydrogen (secondary N) is 3. The van der Waals surface area contributed by atoms with Gasteiger partial charge in [-0.25, -0.2) is 4.79 Å². The highest BCUT2D eigenvalue weighted by atomic mass is 35.5. The summed E-state index contributed by atoms with van der Waals surface area (Å²) in [5, 5.41) is 18.1. The summed E-state index contributed by atoms with van der Waals surface area (Å²) in [6, 6.07) is 8.00. The van der Waals surface area contributed by atoms with Gasteiger partial charge in [0.15, 0.2) is 0 Å². The normalized spacial score (nSPS) is 18.6. The highest BCUT2D eigenvalue weighted by Crippen LogP contribution is 2.38. The van der Waals surface area contributed by atoms with Crippen molar-refractivity contribution in [2.75, 3.05) is 0 Å². The van der Waals surface area contributed by atoms with Gasteiger partial charge < -0.3 is 26.5 Å². The van der Waals surface area contributed by atoms with Crippen LogP contribution in [0.2, 0.25) is 15.1 Å². The molecule has 1 aromatic heterocycles. The van der Waals surface area contributed by atoms with Crippen LogP contribution < -0.4 is 16.4 Å². The number of hydrogen-bond acceptors (Lipinski definition) is 4. The van der Waals surface area contributed by atoms with Crippen molar-refractivity contribution in [1.29, 1.82) is 0 Å². The summed E-state index contributed by atoms with van der Waals surface area (Å²) in [5.41, 5.74) is 7.01. The first-order valence-electron chi connectivity index (χ1n) is 15.4. The smallest absolute Gasteiger partial charge is 0.408 e. The average Bonchev–Trinajstić information content (AvgIpc) is 3.36. The maximum atomic E-state index is 14.4. The number of nitrogens with two attached hydrogens (primary N) is 1. The van der Waals surface area contributed by atoms with E-state index in [-0.39, 0.29) is 25.3 Å². The van der Waals surface area contributed by atoms with E-state index < -0.39 is 47.4 Å². The summed E-state index contributed by atoms with van der Waals surface area (Å²) in [6.07, 6.45) is 0.321. The molecule has 6 N–H and O–H groups in total. The molecule has 1 aliphatic carbocycles. The zero-order valence-corrected chi connectivity index (χ0v) is 28.5. The van der Waals surface area contributed by atoms with Crippen LogP contribution >= 0.6 is 34.8 Å². The average molecular weight is 693 g/mol. The van der Waals surface area contributed by atoms with Crippen LogP contribution in [0.3, 0.4) is 0 Å². The summed E-state index contributed by atoms with van der Waals surface area (Å²) in [4.78, 5) is 58.3. The molecule has 0 saturated heterocycles. The lowest BCUT2D eigenvalue weighted by Crippen LogP contribution is -2.67. The number of rotatable bonds is 12. The molecule has 1 aliphatic rings. The highest BCUT2D eigenvalue weighted by molar-refractivity contribution is 6.38. The van der Waals surface area contributed by atoms with Crippen LogP contribution in [0.1, 0.15) is 63.8 Å². The molecular formula is C33H40Cl3N5O5. The fraction of sp³-hybridized carbons (Fsp3) is 0.455. The van der Waals surface area contributed by atoms with E-state index in [9.17, 15) is 24.3 Å². The van der Waals surface area contributed by atoms with Gasteiger partial charge in [0.25, 0.3) is 0 Å². The Balaban J connectivity index is 1.79. The Morgan fingerprint density at radius 2 is 1.74 bits per heavy atom. The van der Waals surface area contributed by atoms with Crippen LogP contribution in [0.4, 0.5) is 4.79 Å². The van der Waals surface area contributed by atoms with Crippen LogP contribution in [0.25, 0.3) is 10.9 Å². The number of halogens is 3. The SMILES string of the molecule is CC[C@H](C)C(NC(=O)[C@@]1(NC(=O)C([C@@H](C)CC)N(Cc2cccc(Cl)c2)C(=O)O)CCc2[nH]c3c(Cl)cc(Cl)cc3c2C1)C(N)=O. The van der Waals surface area contributed by atoms with Crippen LogP contribution in [-0.4, -0.2) is 56.4 Å². The third kappa shape index (κ3) is 7.40. The fourth-order valence-corrected chi connectivity index (χ4v) is 6.95. The quantitative estimate of drug-likeness (QED) is 0.155. The Morgan fingerprint density at radius 1 is 1.04 bits per heavy atom. The topological polar surface area (TPSA) is 158 Å². The number of primary amides is 1. The van der Waals surface area contributed by atoms with Gasteiger partial charge in [-0.2, -0.15) is 0 Å². The molecule has 3 aromatic rings. The standard InChI is InChI=1S/C33H40Cl3N5O5/c1-5-17(3)26(29(37)42)39-31(44)33(11-10-25-23(15-33)22-13-21(35)14-24(36)27(22)38-25)40-30(43)28(18(4)6-2)41(32(45)46)16-19-8-7-9-20(34)12-19/h7-9,12-14,17-18,26,28,38H,5-6,10-11,15-16H2,1-4H3,(H2,37,42)(H,39,44)(H,40,43)(H,45,46)/t17-,18-,26?,28?,33+/m0/s1. The molecule has 0 aliphatic heterocycles. The van der Waals surface area contributed by atoms with Crippen molar-refractivity contribution in [3.8, 4) is 0 Å². The molecule has 0 fully saturated rings. The molecule has 0 bridgehead atoms. The molecule has 2 unspecified atom stereocenters. The van der Waals surface area contributed by atoms with E-state index >= 15 is 0 Å². The number of amides is 4. The number of carbonyl (C=O) groups is 4. The highest BCUT2D eigenvalue weighted by Gasteiger charge is 2.47. The third-order valence-electron chi connectivity index (χ3n) is 9.18. The van der Waals surface area contributed by atoms with Crippen molar-refractivity contribution in [2.24, 2.45) is 17.6 Å². The Morgan fingerprint density at radius 3 is 2.35 bits per heavy atom.